The molecule has 2 rings (SSSR count). The van der Waals surface area contributed by atoms with Crippen molar-refractivity contribution in [2.75, 3.05) is 13.2 Å². The van der Waals surface area contributed by atoms with Crippen molar-refractivity contribution in [2.45, 2.75) is 39.3 Å². The van der Waals surface area contributed by atoms with Gasteiger partial charge in [0.25, 0.3) is 0 Å². The Hall–Kier alpha value is -1.85. The minimum atomic E-state index is -0.598. The van der Waals surface area contributed by atoms with Gasteiger partial charge in [-0.05, 0) is 39.0 Å². The summed E-state index contributed by atoms with van der Waals surface area (Å²) < 4.78 is 11.0. The number of furan rings is 1. The lowest BCUT2D eigenvalue weighted by molar-refractivity contribution is 0.0989. The molecule has 0 saturated heterocycles. The van der Waals surface area contributed by atoms with Crippen LogP contribution in [0.15, 0.2) is 28.7 Å². The molecule has 22 heavy (non-hydrogen) atoms. The van der Waals surface area contributed by atoms with Crippen molar-refractivity contribution in [3.8, 4) is 5.75 Å². The Morgan fingerprint density at radius 2 is 2.09 bits per heavy atom. The van der Waals surface area contributed by atoms with Gasteiger partial charge < -0.3 is 19.6 Å². The Bertz CT molecular complexity index is 654. The summed E-state index contributed by atoms with van der Waals surface area (Å²) in [5.74, 6) is 0.829. The van der Waals surface area contributed by atoms with Gasteiger partial charge in [-0.25, -0.2) is 0 Å². The lowest BCUT2D eigenvalue weighted by Crippen LogP contribution is -2.42. The minimum Gasteiger partial charge on any atom is -0.491 e. The molecule has 0 aliphatic heterocycles. The first-order valence-electron chi connectivity index (χ1n) is 7.35. The average Bonchev–Trinajstić information content (AvgIpc) is 2.85. The molecule has 1 unspecified atom stereocenters. The SMILES string of the molecule is CC(=O)c1cc2ccc(OCC(O)CNC(C)(C)C)cc2o1. The maximum atomic E-state index is 11.3. The lowest BCUT2D eigenvalue weighted by atomic mass is 10.1. The zero-order valence-corrected chi connectivity index (χ0v) is 13.5. The van der Waals surface area contributed by atoms with E-state index in [2.05, 4.69) is 5.32 Å². The molecule has 1 aromatic carbocycles. The van der Waals surface area contributed by atoms with Crippen LogP contribution in [0.3, 0.4) is 0 Å². The first-order chi connectivity index (χ1) is 10.2. The summed E-state index contributed by atoms with van der Waals surface area (Å²) in [5, 5.41) is 14.0. The van der Waals surface area contributed by atoms with Crippen molar-refractivity contribution in [2.24, 2.45) is 0 Å². The highest BCUT2D eigenvalue weighted by Crippen LogP contribution is 2.24. The average molecular weight is 305 g/mol. The Morgan fingerprint density at radius 3 is 2.73 bits per heavy atom. The van der Waals surface area contributed by atoms with Gasteiger partial charge in [0, 0.05) is 30.5 Å². The quantitative estimate of drug-likeness (QED) is 0.803. The van der Waals surface area contributed by atoms with Crippen LogP contribution < -0.4 is 10.1 Å². The second-order valence-corrected chi connectivity index (χ2v) is 6.46. The molecule has 0 radical (unpaired) electrons. The zero-order chi connectivity index (χ0) is 16.3. The Morgan fingerprint density at radius 1 is 1.36 bits per heavy atom. The number of aliphatic hydroxyl groups is 1. The highest BCUT2D eigenvalue weighted by atomic mass is 16.5. The molecule has 1 atom stereocenters. The molecule has 2 N–H and O–H groups in total. The van der Waals surface area contributed by atoms with Crippen molar-refractivity contribution in [3.05, 3.63) is 30.0 Å². The van der Waals surface area contributed by atoms with E-state index < -0.39 is 6.10 Å². The minimum absolute atomic E-state index is 0.0445. The lowest BCUT2D eigenvalue weighted by Gasteiger charge is -2.22. The van der Waals surface area contributed by atoms with Gasteiger partial charge in [0.2, 0.25) is 0 Å². The number of ether oxygens (including phenoxy) is 1. The van der Waals surface area contributed by atoms with Crippen LogP contribution in [0.4, 0.5) is 0 Å². The number of carbonyl (C=O) groups is 1. The summed E-state index contributed by atoms with van der Waals surface area (Å²) in [6, 6.07) is 7.07. The second-order valence-electron chi connectivity index (χ2n) is 6.46. The monoisotopic (exact) mass is 305 g/mol. The molecule has 1 aromatic heterocycles. The van der Waals surface area contributed by atoms with Crippen LogP contribution in [0.5, 0.6) is 5.75 Å². The predicted molar refractivity (Wildman–Crippen MR) is 85.5 cm³/mol. The van der Waals surface area contributed by atoms with Crippen molar-refractivity contribution in [1.29, 1.82) is 0 Å². The molecule has 0 amide bonds. The highest BCUT2D eigenvalue weighted by Gasteiger charge is 2.13. The number of fused-ring (bicyclic) bond motifs is 1. The van der Waals surface area contributed by atoms with Crippen molar-refractivity contribution in [1.82, 2.24) is 5.32 Å². The van der Waals surface area contributed by atoms with Crippen LogP contribution in [-0.4, -0.2) is 35.7 Å². The normalized spacial score (nSPS) is 13.3. The number of nitrogens with one attached hydrogen (secondary N) is 1. The van der Waals surface area contributed by atoms with Crippen LogP contribution >= 0.6 is 0 Å². The summed E-state index contributed by atoms with van der Waals surface area (Å²) in [6.45, 7) is 8.23. The third-order valence-electron chi connectivity index (χ3n) is 3.15. The molecule has 1 heterocycles. The van der Waals surface area contributed by atoms with Gasteiger partial charge in [-0.1, -0.05) is 0 Å². The van der Waals surface area contributed by atoms with Crippen LogP contribution in [0, 0.1) is 0 Å². The van der Waals surface area contributed by atoms with Gasteiger partial charge in [0.15, 0.2) is 11.5 Å². The number of hydrogen-bond acceptors (Lipinski definition) is 5. The largest absolute Gasteiger partial charge is 0.491 e. The molecule has 0 spiro atoms. The fraction of sp³-hybridized carbons (Fsp3) is 0.471. The smallest absolute Gasteiger partial charge is 0.194 e. The number of β-amino-alcohol motifs (C(OH)–C–C–N with tert-alkyl or cyclic N) is 1. The third-order valence-corrected chi connectivity index (χ3v) is 3.15. The fourth-order valence-corrected chi connectivity index (χ4v) is 1.95. The summed E-state index contributed by atoms with van der Waals surface area (Å²) in [6.07, 6.45) is -0.598. The number of rotatable bonds is 6. The van der Waals surface area contributed by atoms with E-state index in [9.17, 15) is 9.90 Å². The molecule has 2 aromatic rings. The van der Waals surface area contributed by atoms with Crippen LogP contribution in [-0.2, 0) is 0 Å². The van der Waals surface area contributed by atoms with Crippen LogP contribution in [0.2, 0.25) is 0 Å². The summed E-state index contributed by atoms with van der Waals surface area (Å²) in [4.78, 5) is 11.3. The van der Waals surface area contributed by atoms with E-state index in [-0.39, 0.29) is 17.9 Å². The standard InChI is InChI=1S/C17H23NO4/c1-11(19)15-7-12-5-6-14(8-16(12)22-15)21-10-13(20)9-18-17(2,3)4/h5-8,13,18,20H,9-10H2,1-4H3. The maximum Gasteiger partial charge on any atom is 0.194 e. The first kappa shape index (κ1) is 16.5. The molecule has 5 nitrogen and oxygen atoms in total. The van der Waals surface area contributed by atoms with Crippen LogP contribution in [0.25, 0.3) is 11.0 Å². The van der Waals surface area contributed by atoms with Crippen molar-refractivity contribution >= 4 is 16.8 Å². The Labute approximate surface area is 130 Å². The number of hydrogen-bond donors (Lipinski definition) is 2. The van der Waals surface area contributed by atoms with Gasteiger partial charge in [-0.3, -0.25) is 4.79 Å². The van der Waals surface area contributed by atoms with Crippen molar-refractivity contribution in [3.63, 3.8) is 0 Å². The summed E-state index contributed by atoms with van der Waals surface area (Å²) in [5.41, 5.74) is 0.557. The van der Waals surface area contributed by atoms with Gasteiger partial charge in [-0.2, -0.15) is 0 Å². The number of ketones is 1. The second kappa shape index (κ2) is 6.50. The number of benzene rings is 1. The summed E-state index contributed by atoms with van der Waals surface area (Å²) >= 11 is 0. The molecule has 0 aliphatic carbocycles. The Balaban J connectivity index is 1.95. The topological polar surface area (TPSA) is 71.7 Å². The van der Waals surface area contributed by atoms with Gasteiger partial charge in [0.05, 0.1) is 0 Å². The number of aliphatic hydroxyl groups excluding tert-OH is 1. The van der Waals surface area contributed by atoms with E-state index in [1.54, 1.807) is 18.2 Å². The third kappa shape index (κ3) is 4.58. The van der Waals surface area contributed by atoms with E-state index in [0.29, 0.717) is 23.6 Å². The Kier molecular flexibility index (Phi) is 4.88. The van der Waals surface area contributed by atoms with E-state index in [1.807, 2.05) is 26.8 Å². The van der Waals surface area contributed by atoms with E-state index in [1.165, 1.54) is 6.92 Å². The van der Waals surface area contributed by atoms with E-state index in [4.69, 9.17) is 9.15 Å². The van der Waals surface area contributed by atoms with Crippen molar-refractivity contribution < 1.29 is 19.1 Å². The molecule has 0 bridgehead atoms. The summed E-state index contributed by atoms with van der Waals surface area (Å²) in [7, 11) is 0. The van der Waals surface area contributed by atoms with E-state index in [0.717, 1.165) is 5.39 Å². The molecule has 0 aliphatic rings. The van der Waals surface area contributed by atoms with E-state index >= 15 is 0 Å². The number of Topliss-reactive ketones (excluding diaryl/α,β-unsaturated/α-hetero) is 1. The number of carbonyl (C=O) groups excluding carboxylic acids is 1. The zero-order valence-electron chi connectivity index (χ0n) is 13.5. The molecule has 5 heteroatoms. The molecular formula is C17H23NO4. The van der Waals surface area contributed by atoms with Gasteiger partial charge in [0.1, 0.15) is 24.0 Å². The fourth-order valence-electron chi connectivity index (χ4n) is 1.95. The van der Waals surface area contributed by atoms with Crippen LogP contribution in [0.1, 0.15) is 38.2 Å². The molecule has 0 fully saturated rings. The molecular weight excluding hydrogens is 282 g/mol. The maximum absolute atomic E-state index is 11.3. The van der Waals surface area contributed by atoms with Gasteiger partial charge >= 0.3 is 0 Å². The first-order valence-corrected chi connectivity index (χ1v) is 7.35. The molecule has 0 saturated carbocycles. The highest BCUT2D eigenvalue weighted by molar-refractivity contribution is 5.96. The van der Waals surface area contributed by atoms with Gasteiger partial charge in [-0.15, -0.1) is 0 Å². The predicted octanol–water partition coefficient (Wildman–Crippen LogP) is 2.76. The molecule has 120 valence electrons.